The van der Waals surface area contributed by atoms with Crippen molar-refractivity contribution in [3.63, 3.8) is 0 Å². The fourth-order valence-corrected chi connectivity index (χ4v) is 7.26. The zero-order chi connectivity index (χ0) is 41.1. The van der Waals surface area contributed by atoms with Gasteiger partial charge in [0.2, 0.25) is 0 Å². The number of phosphoric ester groups is 1. The average Bonchev–Trinajstić information content (AvgIpc) is 3.17. The van der Waals surface area contributed by atoms with Crippen molar-refractivity contribution >= 4 is 19.8 Å². The maximum Gasteiger partial charge on any atom is 0.469 e. The number of unbranched alkanes of at least 4 members (excludes halogenated alkanes) is 30. The third-order valence-corrected chi connectivity index (χ3v) is 10.9. The number of ether oxygens (including phenoxy) is 2. The number of phosphoric acid groups is 1. The van der Waals surface area contributed by atoms with Crippen molar-refractivity contribution in [1.29, 1.82) is 0 Å². The molecule has 0 aliphatic carbocycles. The maximum absolute atomic E-state index is 12.4. The van der Waals surface area contributed by atoms with Crippen molar-refractivity contribution in [2.45, 2.75) is 251 Å². The van der Waals surface area contributed by atoms with E-state index in [1.54, 1.807) is 0 Å². The molecule has 0 aliphatic rings. The van der Waals surface area contributed by atoms with E-state index in [2.05, 4.69) is 42.7 Å². The van der Waals surface area contributed by atoms with E-state index < -0.39 is 32.5 Å². The van der Waals surface area contributed by atoms with Crippen LogP contribution in [0.25, 0.3) is 0 Å². The minimum Gasteiger partial charge on any atom is -0.462 e. The molecular formula is C47H89O8P. The zero-order valence-electron chi connectivity index (χ0n) is 36.5. The number of hydrogen-bond acceptors (Lipinski definition) is 6. The molecule has 2 N–H and O–H groups in total. The number of hydrogen-bond donors (Lipinski definition) is 2. The summed E-state index contributed by atoms with van der Waals surface area (Å²) in [5.41, 5.74) is 0. The number of allylic oxidation sites excluding steroid dienone is 4. The van der Waals surface area contributed by atoms with Crippen LogP contribution in [0.15, 0.2) is 24.3 Å². The van der Waals surface area contributed by atoms with Gasteiger partial charge in [-0.15, -0.1) is 0 Å². The molecule has 0 fully saturated rings. The first-order chi connectivity index (χ1) is 27.3. The number of carbonyl (C=O) groups is 2. The van der Waals surface area contributed by atoms with Gasteiger partial charge in [0, 0.05) is 12.8 Å². The Hall–Kier alpha value is -1.47. The van der Waals surface area contributed by atoms with E-state index in [1.165, 1.54) is 167 Å². The molecule has 0 amide bonds. The number of esters is 2. The van der Waals surface area contributed by atoms with Crippen LogP contribution in [-0.4, -0.2) is 41.0 Å². The fourth-order valence-electron chi connectivity index (χ4n) is 6.90. The Bertz CT molecular complexity index is 962. The van der Waals surface area contributed by atoms with Crippen molar-refractivity contribution in [3.8, 4) is 0 Å². The Morgan fingerprint density at radius 1 is 0.446 bits per heavy atom. The van der Waals surface area contributed by atoms with Gasteiger partial charge in [0.1, 0.15) is 6.61 Å². The standard InChI is InChI=1S/C47H89O8P/c1-3-5-7-9-11-13-15-17-19-20-21-22-23-24-25-26-28-30-32-34-36-38-40-42-47(49)55-45(44-54-56(50,51)52)43-53-46(48)41-39-37-35-33-31-29-27-18-16-14-12-10-8-6-4-2/h29,31,34,36,45H,3-28,30,32-33,35,37-44H2,1-2H3,(H2,50,51,52)/b31-29+,36-34+/t45-/m1/s1. The zero-order valence-corrected chi connectivity index (χ0v) is 37.4. The minimum absolute atomic E-state index is 0.164. The predicted octanol–water partition coefficient (Wildman–Crippen LogP) is 14.7. The van der Waals surface area contributed by atoms with E-state index in [-0.39, 0.29) is 19.4 Å². The van der Waals surface area contributed by atoms with E-state index in [0.29, 0.717) is 12.8 Å². The molecule has 56 heavy (non-hydrogen) atoms. The van der Waals surface area contributed by atoms with Gasteiger partial charge in [-0.25, -0.2) is 4.57 Å². The molecular weight excluding hydrogens is 723 g/mol. The second-order valence-electron chi connectivity index (χ2n) is 16.1. The van der Waals surface area contributed by atoms with Crippen molar-refractivity contribution in [2.75, 3.05) is 13.2 Å². The third kappa shape index (κ3) is 45.2. The summed E-state index contributed by atoms with van der Waals surface area (Å²) in [7, 11) is -4.76. The topological polar surface area (TPSA) is 119 Å². The molecule has 9 heteroatoms. The van der Waals surface area contributed by atoms with E-state index >= 15 is 0 Å². The van der Waals surface area contributed by atoms with E-state index in [9.17, 15) is 14.2 Å². The largest absolute Gasteiger partial charge is 0.469 e. The van der Waals surface area contributed by atoms with Crippen molar-refractivity contribution in [1.82, 2.24) is 0 Å². The first kappa shape index (κ1) is 54.5. The van der Waals surface area contributed by atoms with Crippen LogP contribution in [0.1, 0.15) is 245 Å². The van der Waals surface area contributed by atoms with Crippen molar-refractivity contribution in [2.24, 2.45) is 0 Å². The summed E-state index contributed by atoms with van der Waals surface area (Å²) >= 11 is 0. The molecule has 8 nitrogen and oxygen atoms in total. The molecule has 0 unspecified atom stereocenters. The molecule has 0 heterocycles. The highest BCUT2D eigenvalue weighted by Crippen LogP contribution is 2.36. The monoisotopic (exact) mass is 813 g/mol. The molecule has 0 aromatic heterocycles. The molecule has 0 rings (SSSR count). The summed E-state index contributed by atoms with van der Waals surface area (Å²) in [4.78, 5) is 42.9. The van der Waals surface area contributed by atoms with Gasteiger partial charge in [0.05, 0.1) is 6.61 Å². The van der Waals surface area contributed by atoms with Crippen LogP contribution >= 0.6 is 7.82 Å². The predicted molar refractivity (Wildman–Crippen MR) is 235 cm³/mol. The summed E-state index contributed by atoms with van der Waals surface area (Å²) in [6, 6.07) is 0. The highest BCUT2D eigenvalue weighted by Gasteiger charge is 2.22. The van der Waals surface area contributed by atoms with Crippen LogP contribution in [0.4, 0.5) is 0 Å². The third-order valence-electron chi connectivity index (χ3n) is 10.4. The summed E-state index contributed by atoms with van der Waals surface area (Å²) in [6.45, 7) is 3.68. The lowest BCUT2D eigenvalue weighted by Crippen LogP contribution is -2.29. The van der Waals surface area contributed by atoms with E-state index in [0.717, 1.165) is 38.5 Å². The van der Waals surface area contributed by atoms with Gasteiger partial charge in [-0.3, -0.25) is 14.1 Å². The van der Waals surface area contributed by atoms with E-state index in [1.807, 2.05) is 0 Å². The van der Waals surface area contributed by atoms with Gasteiger partial charge in [-0.05, 0) is 57.8 Å². The van der Waals surface area contributed by atoms with Crippen LogP contribution in [0.5, 0.6) is 0 Å². The van der Waals surface area contributed by atoms with Crippen LogP contribution in [-0.2, 0) is 28.2 Å². The molecule has 0 spiro atoms. The van der Waals surface area contributed by atoms with Gasteiger partial charge < -0.3 is 19.3 Å². The summed E-state index contributed by atoms with van der Waals surface area (Å²) in [6.07, 6.45) is 50.7. The van der Waals surface area contributed by atoms with Crippen LogP contribution in [0.3, 0.4) is 0 Å². The quantitative estimate of drug-likeness (QED) is 0.0270. The molecule has 0 radical (unpaired) electrons. The first-order valence-corrected chi connectivity index (χ1v) is 25.2. The normalized spacial score (nSPS) is 12.6. The maximum atomic E-state index is 12.4. The molecule has 0 aromatic carbocycles. The molecule has 0 aromatic rings. The second kappa shape index (κ2) is 43.1. The Morgan fingerprint density at radius 2 is 0.768 bits per heavy atom. The lowest BCUT2D eigenvalue weighted by Gasteiger charge is -2.18. The molecule has 0 saturated carbocycles. The van der Waals surface area contributed by atoms with E-state index in [4.69, 9.17) is 19.3 Å². The van der Waals surface area contributed by atoms with Crippen LogP contribution in [0, 0.1) is 0 Å². The highest BCUT2D eigenvalue weighted by molar-refractivity contribution is 7.46. The lowest BCUT2D eigenvalue weighted by molar-refractivity contribution is -0.161. The van der Waals surface area contributed by atoms with Gasteiger partial charge in [-0.2, -0.15) is 0 Å². The highest BCUT2D eigenvalue weighted by atomic mass is 31.2. The minimum atomic E-state index is -4.76. The Morgan fingerprint density at radius 3 is 1.14 bits per heavy atom. The van der Waals surface area contributed by atoms with Gasteiger partial charge in [0.15, 0.2) is 6.10 Å². The van der Waals surface area contributed by atoms with Crippen LogP contribution < -0.4 is 0 Å². The number of rotatable bonds is 44. The molecule has 1 atom stereocenters. The fraction of sp³-hybridized carbons (Fsp3) is 0.872. The summed E-state index contributed by atoms with van der Waals surface area (Å²) in [5.74, 6) is -0.930. The first-order valence-electron chi connectivity index (χ1n) is 23.6. The van der Waals surface area contributed by atoms with Gasteiger partial charge in [0.25, 0.3) is 0 Å². The van der Waals surface area contributed by atoms with Crippen molar-refractivity contribution < 1.29 is 37.9 Å². The summed E-state index contributed by atoms with van der Waals surface area (Å²) < 4.78 is 26.4. The molecule has 0 aliphatic heterocycles. The molecule has 0 saturated heterocycles. The van der Waals surface area contributed by atoms with Gasteiger partial charge >= 0.3 is 19.8 Å². The molecule has 0 bridgehead atoms. The summed E-state index contributed by atoms with van der Waals surface area (Å²) in [5, 5.41) is 0. The van der Waals surface area contributed by atoms with Crippen molar-refractivity contribution in [3.05, 3.63) is 24.3 Å². The Balaban J connectivity index is 3.86. The Labute approximate surface area is 345 Å². The molecule has 330 valence electrons. The average molecular weight is 813 g/mol. The van der Waals surface area contributed by atoms with Crippen LogP contribution in [0.2, 0.25) is 0 Å². The lowest BCUT2D eigenvalue weighted by atomic mass is 10.0. The second-order valence-corrected chi connectivity index (χ2v) is 17.3. The Kier molecular flexibility index (Phi) is 42.0. The number of carbonyl (C=O) groups excluding carboxylic acids is 2. The SMILES string of the molecule is CCCCCCCCCC/C=C/CCCCCC(=O)OC[C@H](COP(=O)(O)O)OC(=O)CCC/C=C/CCCCCCCCCCCCCCCCCCCC. The smallest absolute Gasteiger partial charge is 0.462 e. The van der Waals surface area contributed by atoms with Gasteiger partial charge in [-0.1, -0.05) is 199 Å².